The van der Waals surface area contributed by atoms with Crippen molar-refractivity contribution < 1.29 is 17.6 Å². The molecular weight excluding hydrogens is 412 g/mol. The van der Waals surface area contributed by atoms with Crippen LogP contribution in [-0.2, 0) is 6.18 Å². The van der Waals surface area contributed by atoms with Gasteiger partial charge in [0.15, 0.2) is 0 Å². The van der Waals surface area contributed by atoms with Crippen molar-refractivity contribution in [3.05, 3.63) is 71.5 Å². The number of hydrogen-bond donors (Lipinski definition) is 0. The maximum Gasteiger partial charge on any atom is 0.416 e. The van der Waals surface area contributed by atoms with Gasteiger partial charge in [0.05, 0.1) is 5.56 Å². The van der Waals surface area contributed by atoms with Gasteiger partial charge in [0.2, 0.25) is 0 Å². The molecule has 1 aliphatic rings. The molecule has 3 aromatic rings. The molecule has 3 aromatic carbocycles. The molecule has 170 valence electrons. The molecule has 0 nitrogen and oxygen atoms in total. The highest BCUT2D eigenvalue weighted by Gasteiger charge is 2.30. The molecular formula is C28H30F4. The third kappa shape index (κ3) is 5.00. The van der Waals surface area contributed by atoms with E-state index in [0.717, 1.165) is 23.4 Å². The van der Waals surface area contributed by atoms with Crippen LogP contribution in [0.25, 0.3) is 21.9 Å². The van der Waals surface area contributed by atoms with Gasteiger partial charge in [-0.2, -0.15) is 13.2 Å². The van der Waals surface area contributed by atoms with Crippen molar-refractivity contribution in [3.8, 4) is 11.1 Å². The molecule has 0 unspecified atom stereocenters. The SMILES string of the molecule is CCCCCC1CCC(c2ccc3c(F)c(-c4ccc(C(F)(F)F)cc4)ccc3c2)CC1. The minimum absolute atomic E-state index is 0.326. The summed E-state index contributed by atoms with van der Waals surface area (Å²) in [6.45, 7) is 2.24. The largest absolute Gasteiger partial charge is 0.416 e. The normalized spacial score (nSPS) is 19.4. The third-order valence-electron chi connectivity index (χ3n) is 7.04. The van der Waals surface area contributed by atoms with Gasteiger partial charge in [0, 0.05) is 10.9 Å². The van der Waals surface area contributed by atoms with Crippen LogP contribution in [0.2, 0.25) is 0 Å². The van der Waals surface area contributed by atoms with E-state index in [1.165, 1.54) is 69.1 Å². The van der Waals surface area contributed by atoms with Crippen LogP contribution in [0.4, 0.5) is 17.6 Å². The van der Waals surface area contributed by atoms with Crippen LogP contribution in [0.15, 0.2) is 54.6 Å². The first-order valence-electron chi connectivity index (χ1n) is 11.8. The van der Waals surface area contributed by atoms with Crippen LogP contribution in [0, 0.1) is 11.7 Å². The maximum atomic E-state index is 15.2. The minimum atomic E-state index is -4.40. The second-order valence-electron chi connectivity index (χ2n) is 9.20. The smallest absolute Gasteiger partial charge is 0.206 e. The Kier molecular flexibility index (Phi) is 6.88. The Morgan fingerprint density at radius 2 is 1.56 bits per heavy atom. The van der Waals surface area contributed by atoms with Gasteiger partial charge in [-0.1, -0.05) is 75.1 Å². The summed E-state index contributed by atoms with van der Waals surface area (Å²) >= 11 is 0. The quantitative estimate of drug-likeness (QED) is 0.263. The number of unbranched alkanes of at least 4 members (excludes halogenated alkanes) is 2. The number of benzene rings is 3. The second-order valence-corrected chi connectivity index (χ2v) is 9.20. The van der Waals surface area contributed by atoms with Crippen molar-refractivity contribution in [2.24, 2.45) is 5.92 Å². The number of halogens is 4. The van der Waals surface area contributed by atoms with Gasteiger partial charge in [0.25, 0.3) is 0 Å². The van der Waals surface area contributed by atoms with Crippen LogP contribution < -0.4 is 0 Å². The summed E-state index contributed by atoms with van der Waals surface area (Å²) in [5.41, 5.74) is 1.31. The van der Waals surface area contributed by atoms with E-state index in [-0.39, 0.29) is 5.82 Å². The molecule has 32 heavy (non-hydrogen) atoms. The van der Waals surface area contributed by atoms with E-state index in [1.807, 2.05) is 18.2 Å². The molecule has 0 amide bonds. The third-order valence-corrected chi connectivity index (χ3v) is 7.04. The summed E-state index contributed by atoms with van der Waals surface area (Å²) in [5.74, 6) is 0.995. The Hall–Kier alpha value is -2.36. The van der Waals surface area contributed by atoms with Crippen molar-refractivity contribution in [1.29, 1.82) is 0 Å². The minimum Gasteiger partial charge on any atom is -0.206 e. The van der Waals surface area contributed by atoms with Crippen molar-refractivity contribution in [3.63, 3.8) is 0 Å². The van der Waals surface area contributed by atoms with E-state index < -0.39 is 11.7 Å². The highest BCUT2D eigenvalue weighted by Crippen LogP contribution is 2.39. The fourth-order valence-corrected chi connectivity index (χ4v) is 5.09. The van der Waals surface area contributed by atoms with Crippen molar-refractivity contribution >= 4 is 10.8 Å². The first kappa shape index (κ1) is 22.8. The van der Waals surface area contributed by atoms with Gasteiger partial charge in [0.1, 0.15) is 5.82 Å². The summed E-state index contributed by atoms with van der Waals surface area (Å²) in [6.07, 6.45) is 5.79. The van der Waals surface area contributed by atoms with E-state index >= 15 is 4.39 Å². The summed E-state index contributed by atoms with van der Waals surface area (Å²) in [4.78, 5) is 0. The summed E-state index contributed by atoms with van der Waals surface area (Å²) in [7, 11) is 0. The van der Waals surface area contributed by atoms with Gasteiger partial charge in [-0.3, -0.25) is 0 Å². The van der Waals surface area contributed by atoms with E-state index in [1.54, 1.807) is 6.07 Å². The molecule has 0 spiro atoms. The topological polar surface area (TPSA) is 0 Å². The predicted molar refractivity (Wildman–Crippen MR) is 123 cm³/mol. The molecule has 1 aliphatic carbocycles. The first-order chi connectivity index (χ1) is 15.4. The second kappa shape index (κ2) is 9.64. The molecule has 0 aromatic heterocycles. The fraction of sp³-hybridized carbons (Fsp3) is 0.429. The average Bonchev–Trinajstić information content (AvgIpc) is 2.79. The van der Waals surface area contributed by atoms with E-state index in [9.17, 15) is 13.2 Å². The Morgan fingerprint density at radius 3 is 2.22 bits per heavy atom. The molecule has 0 bridgehead atoms. The maximum absolute atomic E-state index is 15.2. The Labute approximate surface area is 187 Å². The van der Waals surface area contributed by atoms with Crippen LogP contribution in [0.3, 0.4) is 0 Å². The molecule has 0 N–H and O–H groups in total. The summed E-state index contributed by atoms with van der Waals surface area (Å²) in [6, 6.07) is 14.2. The molecule has 0 atom stereocenters. The van der Waals surface area contributed by atoms with Crippen LogP contribution in [0.1, 0.15) is 75.3 Å². The number of hydrogen-bond acceptors (Lipinski definition) is 0. The molecule has 0 radical (unpaired) electrons. The molecule has 4 heteroatoms. The van der Waals surface area contributed by atoms with Crippen LogP contribution >= 0.6 is 0 Å². The van der Waals surface area contributed by atoms with E-state index in [0.29, 0.717) is 22.4 Å². The van der Waals surface area contributed by atoms with Gasteiger partial charge < -0.3 is 0 Å². The molecule has 0 aliphatic heterocycles. The van der Waals surface area contributed by atoms with Gasteiger partial charge >= 0.3 is 6.18 Å². The lowest BCUT2D eigenvalue weighted by Crippen LogP contribution is -2.13. The highest BCUT2D eigenvalue weighted by atomic mass is 19.4. The first-order valence-corrected chi connectivity index (χ1v) is 11.8. The van der Waals surface area contributed by atoms with Crippen LogP contribution in [-0.4, -0.2) is 0 Å². The van der Waals surface area contributed by atoms with Gasteiger partial charge in [-0.05, 0) is 66.2 Å². The number of rotatable bonds is 6. The van der Waals surface area contributed by atoms with Gasteiger partial charge in [-0.25, -0.2) is 4.39 Å². The molecule has 0 saturated heterocycles. The Bertz CT molecular complexity index is 1040. The monoisotopic (exact) mass is 442 g/mol. The Morgan fingerprint density at radius 1 is 0.844 bits per heavy atom. The number of alkyl halides is 3. The zero-order chi connectivity index (χ0) is 22.7. The standard InChI is InChI=1S/C28H30F4/c1-2-3-4-5-19-6-8-20(9-7-19)22-12-16-26-23(18-22)13-17-25(27(26)29)21-10-14-24(15-11-21)28(30,31)32/h10-20H,2-9H2,1H3. The van der Waals surface area contributed by atoms with E-state index in [4.69, 9.17) is 0 Å². The highest BCUT2D eigenvalue weighted by molar-refractivity contribution is 5.89. The Balaban J connectivity index is 1.50. The zero-order valence-electron chi connectivity index (χ0n) is 18.5. The van der Waals surface area contributed by atoms with Crippen molar-refractivity contribution in [2.75, 3.05) is 0 Å². The van der Waals surface area contributed by atoms with Crippen molar-refractivity contribution in [2.45, 2.75) is 70.4 Å². The summed E-state index contributed by atoms with van der Waals surface area (Å²) in [5, 5.41) is 1.36. The fourth-order valence-electron chi connectivity index (χ4n) is 5.09. The van der Waals surface area contributed by atoms with Crippen molar-refractivity contribution in [1.82, 2.24) is 0 Å². The molecule has 0 heterocycles. The lowest BCUT2D eigenvalue weighted by atomic mass is 9.76. The molecule has 1 fully saturated rings. The predicted octanol–water partition coefficient (Wildman–Crippen LogP) is 9.52. The lowest BCUT2D eigenvalue weighted by Gasteiger charge is -2.29. The molecule has 1 saturated carbocycles. The average molecular weight is 443 g/mol. The number of fused-ring (bicyclic) bond motifs is 1. The summed E-state index contributed by atoms with van der Waals surface area (Å²) < 4.78 is 53.7. The lowest BCUT2D eigenvalue weighted by molar-refractivity contribution is -0.137. The van der Waals surface area contributed by atoms with Crippen LogP contribution in [0.5, 0.6) is 0 Å². The zero-order valence-corrected chi connectivity index (χ0v) is 18.5. The molecule has 4 rings (SSSR count). The van der Waals surface area contributed by atoms with E-state index in [2.05, 4.69) is 13.0 Å². The van der Waals surface area contributed by atoms with Gasteiger partial charge in [-0.15, -0.1) is 0 Å².